The summed E-state index contributed by atoms with van der Waals surface area (Å²) in [6.45, 7) is 0.421. The van der Waals surface area contributed by atoms with Crippen molar-refractivity contribution >= 4 is 28.5 Å². The molecule has 0 saturated heterocycles. The zero-order valence-corrected chi connectivity index (χ0v) is 18.1. The lowest BCUT2D eigenvalue weighted by Crippen LogP contribution is -2.44. The van der Waals surface area contributed by atoms with Crippen LogP contribution in [-0.2, 0) is 24.3 Å². The third kappa shape index (κ3) is 4.81. The van der Waals surface area contributed by atoms with Crippen LogP contribution in [0.3, 0.4) is 0 Å². The lowest BCUT2D eigenvalue weighted by Gasteiger charge is -2.15. The molecule has 0 spiro atoms. The summed E-state index contributed by atoms with van der Waals surface area (Å²) >= 11 is 6.18. The molecular weight excluding hydrogens is 426 g/mol. The van der Waals surface area contributed by atoms with Crippen LogP contribution in [0.15, 0.2) is 88.5 Å². The second-order valence-electron chi connectivity index (χ2n) is 7.49. The van der Waals surface area contributed by atoms with Gasteiger partial charge < -0.3 is 5.32 Å². The Hall–Kier alpha value is -3.64. The molecule has 0 saturated carbocycles. The molecule has 0 fully saturated rings. The molecular formula is C25H22ClN3O3. The van der Waals surface area contributed by atoms with Crippen LogP contribution in [0.2, 0.25) is 5.02 Å². The van der Waals surface area contributed by atoms with E-state index in [9.17, 15) is 14.4 Å². The van der Waals surface area contributed by atoms with Crippen LogP contribution in [0.5, 0.6) is 0 Å². The highest BCUT2D eigenvalue weighted by Gasteiger charge is 2.16. The van der Waals surface area contributed by atoms with E-state index in [0.717, 1.165) is 11.1 Å². The summed E-state index contributed by atoms with van der Waals surface area (Å²) in [4.78, 5) is 38.4. The molecule has 1 amide bonds. The van der Waals surface area contributed by atoms with E-state index < -0.39 is 11.1 Å². The second kappa shape index (κ2) is 9.66. The Morgan fingerprint density at radius 3 is 2.09 bits per heavy atom. The smallest absolute Gasteiger partial charge is 0.317 e. The van der Waals surface area contributed by atoms with Gasteiger partial charge >= 0.3 is 11.1 Å². The van der Waals surface area contributed by atoms with Gasteiger partial charge in [-0.1, -0.05) is 72.3 Å². The summed E-state index contributed by atoms with van der Waals surface area (Å²) in [5.74, 6) is -0.343. The zero-order chi connectivity index (χ0) is 22.5. The molecule has 0 aliphatic heterocycles. The Morgan fingerprint density at radius 1 is 0.781 bits per heavy atom. The predicted octanol–water partition coefficient (Wildman–Crippen LogP) is 3.22. The Morgan fingerprint density at radius 2 is 1.41 bits per heavy atom. The van der Waals surface area contributed by atoms with Gasteiger partial charge in [0.15, 0.2) is 0 Å². The molecule has 0 aliphatic carbocycles. The van der Waals surface area contributed by atoms with E-state index in [-0.39, 0.29) is 19.0 Å². The van der Waals surface area contributed by atoms with E-state index in [4.69, 9.17) is 11.6 Å². The number of fused-ring (bicyclic) bond motifs is 1. The zero-order valence-electron chi connectivity index (χ0n) is 17.3. The minimum Gasteiger partial charge on any atom is -0.354 e. The number of benzene rings is 3. The molecule has 1 aromatic heterocycles. The topological polar surface area (TPSA) is 73.1 Å². The molecule has 4 aromatic rings. The first kappa shape index (κ1) is 21.6. The van der Waals surface area contributed by atoms with E-state index in [1.807, 2.05) is 60.7 Å². The van der Waals surface area contributed by atoms with Gasteiger partial charge in [0, 0.05) is 11.6 Å². The molecule has 32 heavy (non-hydrogen) atoms. The van der Waals surface area contributed by atoms with Crippen LogP contribution in [0.4, 0.5) is 0 Å². The van der Waals surface area contributed by atoms with Crippen molar-refractivity contribution in [2.75, 3.05) is 6.54 Å². The van der Waals surface area contributed by atoms with Gasteiger partial charge in [-0.15, -0.1) is 0 Å². The fourth-order valence-corrected chi connectivity index (χ4v) is 3.83. The average Bonchev–Trinajstić information content (AvgIpc) is 2.81. The quantitative estimate of drug-likeness (QED) is 0.442. The number of nitrogens with one attached hydrogen (secondary N) is 1. The molecule has 3 aromatic carbocycles. The number of halogens is 1. The van der Waals surface area contributed by atoms with Gasteiger partial charge in [0.2, 0.25) is 5.91 Å². The third-order valence-corrected chi connectivity index (χ3v) is 5.49. The van der Waals surface area contributed by atoms with E-state index in [1.54, 1.807) is 18.2 Å². The molecule has 1 N–H and O–H groups in total. The van der Waals surface area contributed by atoms with Gasteiger partial charge in [-0.2, -0.15) is 0 Å². The minimum absolute atomic E-state index is 0.247. The van der Waals surface area contributed by atoms with Gasteiger partial charge in [-0.05, 0) is 35.7 Å². The largest absolute Gasteiger partial charge is 0.354 e. The summed E-state index contributed by atoms with van der Waals surface area (Å²) in [6, 6.07) is 24.2. The average molecular weight is 448 g/mol. The summed E-state index contributed by atoms with van der Waals surface area (Å²) in [7, 11) is 0. The van der Waals surface area contributed by atoms with E-state index in [2.05, 4.69) is 5.32 Å². The second-order valence-corrected chi connectivity index (χ2v) is 7.92. The number of aromatic nitrogens is 2. The van der Waals surface area contributed by atoms with E-state index in [0.29, 0.717) is 29.0 Å². The number of amides is 1. The van der Waals surface area contributed by atoms with Crippen molar-refractivity contribution in [3.05, 3.63) is 116 Å². The molecule has 1 heterocycles. The standard InChI is InChI=1S/C25H22ClN3O3/c26-20-11-12-21-22(15-20)29(17-23(30)27-14-13-18-7-3-1-4-8-18)25(32)24(31)28(21)16-19-9-5-2-6-10-19/h1-12,15H,13-14,16-17H2,(H,27,30). The van der Waals surface area contributed by atoms with Crippen molar-refractivity contribution in [2.24, 2.45) is 0 Å². The summed E-state index contributed by atoms with van der Waals surface area (Å²) < 4.78 is 2.62. The lowest BCUT2D eigenvalue weighted by molar-refractivity contribution is -0.121. The molecule has 0 aliphatic rings. The Labute approximate surface area is 189 Å². The summed E-state index contributed by atoms with van der Waals surface area (Å²) in [5.41, 5.74) is 1.54. The first-order chi connectivity index (χ1) is 15.5. The first-order valence-electron chi connectivity index (χ1n) is 10.3. The lowest BCUT2D eigenvalue weighted by atomic mass is 10.1. The maximum absolute atomic E-state index is 12.9. The maximum atomic E-state index is 12.9. The van der Waals surface area contributed by atoms with Crippen LogP contribution < -0.4 is 16.4 Å². The van der Waals surface area contributed by atoms with Gasteiger partial charge in [0.25, 0.3) is 0 Å². The minimum atomic E-state index is -0.756. The Balaban J connectivity index is 1.63. The molecule has 7 heteroatoms. The van der Waals surface area contributed by atoms with Crippen LogP contribution in [-0.4, -0.2) is 21.6 Å². The first-order valence-corrected chi connectivity index (χ1v) is 10.7. The molecule has 6 nitrogen and oxygen atoms in total. The number of rotatable bonds is 7. The molecule has 162 valence electrons. The fourth-order valence-electron chi connectivity index (χ4n) is 3.66. The van der Waals surface area contributed by atoms with Crippen LogP contribution in [0, 0.1) is 0 Å². The van der Waals surface area contributed by atoms with Crippen molar-refractivity contribution in [1.82, 2.24) is 14.5 Å². The number of hydrogen-bond donors (Lipinski definition) is 1. The molecule has 0 radical (unpaired) electrons. The van der Waals surface area contributed by atoms with Gasteiger partial charge in [0.1, 0.15) is 6.54 Å². The van der Waals surface area contributed by atoms with E-state index >= 15 is 0 Å². The highest BCUT2D eigenvalue weighted by atomic mass is 35.5. The number of hydrogen-bond acceptors (Lipinski definition) is 3. The van der Waals surface area contributed by atoms with Gasteiger partial charge in [-0.3, -0.25) is 23.5 Å². The molecule has 0 atom stereocenters. The predicted molar refractivity (Wildman–Crippen MR) is 126 cm³/mol. The number of nitrogens with zero attached hydrogens (tertiary/aromatic N) is 2. The van der Waals surface area contributed by atoms with Crippen LogP contribution in [0.1, 0.15) is 11.1 Å². The van der Waals surface area contributed by atoms with Crippen LogP contribution in [0.25, 0.3) is 11.0 Å². The van der Waals surface area contributed by atoms with Crippen molar-refractivity contribution in [1.29, 1.82) is 0 Å². The van der Waals surface area contributed by atoms with Gasteiger partial charge in [-0.25, -0.2) is 0 Å². The highest BCUT2D eigenvalue weighted by Crippen LogP contribution is 2.18. The van der Waals surface area contributed by atoms with Crippen molar-refractivity contribution in [3.63, 3.8) is 0 Å². The fraction of sp³-hybridized carbons (Fsp3) is 0.160. The van der Waals surface area contributed by atoms with Gasteiger partial charge in [0.05, 0.1) is 17.6 Å². The Bertz CT molecular complexity index is 1360. The number of carbonyl (C=O) groups is 1. The SMILES string of the molecule is O=C(Cn1c(=O)c(=O)n(Cc2ccccc2)c2ccc(Cl)cc21)NCCc1ccccc1. The monoisotopic (exact) mass is 447 g/mol. The van der Waals surface area contributed by atoms with Crippen molar-refractivity contribution < 1.29 is 4.79 Å². The third-order valence-electron chi connectivity index (χ3n) is 5.26. The van der Waals surface area contributed by atoms with Crippen molar-refractivity contribution in [2.45, 2.75) is 19.5 Å². The number of carbonyl (C=O) groups excluding carboxylic acids is 1. The van der Waals surface area contributed by atoms with Crippen molar-refractivity contribution in [3.8, 4) is 0 Å². The Kier molecular flexibility index (Phi) is 6.52. The van der Waals surface area contributed by atoms with E-state index in [1.165, 1.54) is 9.13 Å². The highest BCUT2D eigenvalue weighted by molar-refractivity contribution is 6.31. The summed E-state index contributed by atoms with van der Waals surface area (Å²) in [6.07, 6.45) is 0.673. The summed E-state index contributed by atoms with van der Waals surface area (Å²) in [5, 5.41) is 3.24. The molecule has 0 unspecified atom stereocenters. The molecule has 4 rings (SSSR count). The normalized spacial score (nSPS) is 10.9. The van der Waals surface area contributed by atoms with Crippen LogP contribution >= 0.6 is 11.6 Å². The molecule has 0 bridgehead atoms. The maximum Gasteiger partial charge on any atom is 0.317 e.